The van der Waals surface area contributed by atoms with Crippen molar-refractivity contribution < 1.29 is 15.3 Å². The van der Waals surface area contributed by atoms with Crippen molar-refractivity contribution in [2.75, 3.05) is 19.8 Å². The van der Waals surface area contributed by atoms with Gasteiger partial charge in [-0.2, -0.15) is 15.4 Å². The number of nitrogens with zero attached hydrogens (tertiary/aromatic N) is 2. The first kappa shape index (κ1) is 16.0. The quantitative estimate of drug-likeness (QED) is 0.388. The molecule has 19 heavy (non-hydrogen) atoms. The lowest BCUT2D eigenvalue weighted by atomic mass is 9.84. The van der Waals surface area contributed by atoms with Crippen molar-refractivity contribution in [1.29, 1.82) is 0 Å². The van der Waals surface area contributed by atoms with Gasteiger partial charge < -0.3 is 21.1 Å². The highest BCUT2D eigenvalue weighted by molar-refractivity contribution is 5.19. The predicted molar refractivity (Wildman–Crippen MR) is 70.3 cm³/mol. The molecule has 0 radical (unpaired) electrons. The Labute approximate surface area is 112 Å². The highest BCUT2D eigenvalue weighted by atomic mass is 16.3. The van der Waals surface area contributed by atoms with E-state index in [-0.39, 0.29) is 19.8 Å². The number of aromatic nitrogens is 3. The molecule has 6 N–H and O–H groups in total. The van der Waals surface area contributed by atoms with Crippen LogP contribution < -0.4 is 5.73 Å². The third kappa shape index (κ3) is 4.54. The van der Waals surface area contributed by atoms with Gasteiger partial charge in [-0.1, -0.05) is 0 Å². The Hall–Kier alpha value is -1.02. The van der Waals surface area contributed by atoms with Crippen LogP contribution in [0.15, 0.2) is 0 Å². The molecule has 0 bridgehead atoms. The second-order valence-corrected chi connectivity index (χ2v) is 4.76. The minimum Gasteiger partial charge on any atom is -0.396 e. The molecule has 0 aliphatic heterocycles. The summed E-state index contributed by atoms with van der Waals surface area (Å²) in [6.07, 6.45) is 3.54. The Morgan fingerprint density at radius 3 is 2.05 bits per heavy atom. The summed E-state index contributed by atoms with van der Waals surface area (Å²) in [4.78, 5) is 0. The van der Waals surface area contributed by atoms with E-state index in [0.29, 0.717) is 44.2 Å². The van der Waals surface area contributed by atoms with Crippen molar-refractivity contribution in [3.05, 3.63) is 11.4 Å². The standard InChI is InChI=1S/C12H24N4O3/c13-12(5-2-8-18,6-3-9-19)11-10(4-1-7-17)14-16-15-11/h17-19H,1-9,13H2,(H,14,15,16). The minimum absolute atomic E-state index is 0.0713. The van der Waals surface area contributed by atoms with E-state index < -0.39 is 5.54 Å². The number of aliphatic hydroxyl groups is 3. The summed E-state index contributed by atoms with van der Waals surface area (Å²) < 4.78 is 0. The van der Waals surface area contributed by atoms with Crippen LogP contribution in [0, 0.1) is 0 Å². The molecule has 1 aromatic heterocycles. The van der Waals surface area contributed by atoms with Crippen LogP contribution in [0.3, 0.4) is 0 Å². The third-order valence-electron chi connectivity index (χ3n) is 3.23. The summed E-state index contributed by atoms with van der Waals surface area (Å²) in [7, 11) is 0. The largest absolute Gasteiger partial charge is 0.396 e. The maximum atomic E-state index is 8.98. The number of aryl methyl sites for hydroxylation is 1. The average Bonchev–Trinajstić information content (AvgIpc) is 2.89. The molecule has 1 aromatic rings. The molecule has 0 spiro atoms. The maximum Gasteiger partial charge on any atom is 0.105 e. The molecule has 7 heteroatoms. The fraction of sp³-hybridized carbons (Fsp3) is 0.833. The van der Waals surface area contributed by atoms with E-state index in [1.165, 1.54) is 0 Å². The lowest BCUT2D eigenvalue weighted by molar-refractivity contribution is 0.229. The van der Waals surface area contributed by atoms with Gasteiger partial charge in [0.15, 0.2) is 0 Å². The van der Waals surface area contributed by atoms with Crippen LogP contribution in [0.25, 0.3) is 0 Å². The van der Waals surface area contributed by atoms with Gasteiger partial charge in [0.2, 0.25) is 0 Å². The van der Waals surface area contributed by atoms with Crippen LogP contribution in [0.5, 0.6) is 0 Å². The van der Waals surface area contributed by atoms with Crippen molar-refractivity contribution in [1.82, 2.24) is 15.4 Å². The number of hydrogen-bond acceptors (Lipinski definition) is 6. The summed E-state index contributed by atoms with van der Waals surface area (Å²) in [6.45, 7) is 0.237. The molecule has 1 heterocycles. The smallest absolute Gasteiger partial charge is 0.105 e. The number of aromatic amines is 1. The first-order valence-corrected chi connectivity index (χ1v) is 6.69. The molecule has 0 fully saturated rings. The van der Waals surface area contributed by atoms with Crippen molar-refractivity contribution >= 4 is 0 Å². The van der Waals surface area contributed by atoms with Crippen LogP contribution in [-0.4, -0.2) is 50.6 Å². The number of nitrogens with two attached hydrogens (primary N) is 1. The Morgan fingerprint density at radius 2 is 1.53 bits per heavy atom. The SMILES string of the molecule is NC(CCCO)(CCCO)c1n[nH]nc1CCCO. The topological polar surface area (TPSA) is 128 Å². The lowest BCUT2D eigenvalue weighted by Gasteiger charge is -2.28. The molecule has 0 amide bonds. The Balaban J connectivity index is 2.86. The van der Waals surface area contributed by atoms with Gasteiger partial charge in [0.1, 0.15) is 5.69 Å². The zero-order valence-electron chi connectivity index (χ0n) is 11.2. The van der Waals surface area contributed by atoms with Gasteiger partial charge in [0.25, 0.3) is 0 Å². The zero-order chi connectivity index (χ0) is 14.1. The normalized spacial score (nSPS) is 12.0. The molecule has 0 saturated carbocycles. The molecule has 0 atom stereocenters. The van der Waals surface area contributed by atoms with Crippen LogP contribution >= 0.6 is 0 Å². The second kappa shape index (κ2) is 8.21. The highest BCUT2D eigenvalue weighted by Crippen LogP contribution is 2.29. The monoisotopic (exact) mass is 272 g/mol. The third-order valence-corrected chi connectivity index (χ3v) is 3.23. The van der Waals surface area contributed by atoms with E-state index in [4.69, 9.17) is 21.1 Å². The molecule has 0 aliphatic rings. The minimum atomic E-state index is -0.691. The lowest BCUT2D eigenvalue weighted by Crippen LogP contribution is -2.38. The Bertz CT molecular complexity index is 348. The first-order valence-electron chi connectivity index (χ1n) is 6.69. The van der Waals surface area contributed by atoms with Crippen molar-refractivity contribution in [3.8, 4) is 0 Å². The summed E-state index contributed by atoms with van der Waals surface area (Å²) in [5, 5.41) is 37.7. The number of hydrogen-bond donors (Lipinski definition) is 5. The molecule has 110 valence electrons. The fourth-order valence-corrected chi connectivity index (χ4v) is 2.22. The van der Waals surface area contributed by atoms with Gasteiger partial charge in [-0.05, 0) is 38.5 Å². The van der Waals surface area contributed by atoms with E-state index in [9.17, 15) is 0 Å². The summed E-state index contributed by atoms with van der Waals surface area (Å²) in [5.74, 6) is 0. The van der Waals surface area contributed by atoms with E-state index in [0.717, 1.165) is 5.69 Å². The molecule has 0 saturated heterocycles. The number of rotatable bonds is 10. The maximum absolute atomic E-state index is 8.98. The predicted octanol–water partition coefficient (Wildman–Crippen LogP) is -0.571. The van der Waals surface area contributed by atoms with Crippen molar-refractivity contribution in [2.45, 2.75) is 44.1 Å². The Kier molecular flexibility index (Phi) is 6.93. The van der Waals surface area contributed by atoms with E-state index in [1.807, 2.05) is 0 Å². The van der Waals surface area contributed by atoms with Crippen LogP contribution in [-0.2, 0) is 12.0 Å². The average molecular weight is 272 g/mol. The van der Waals surface area contributed by atoms with E-state index in [1.54, 1.807) is 0 Å². The molecule has 0 aliphatic carbocycles. The van der Waals surface area contributed by atoms with Gasteiger partial charge >= 0.3 is 0 Å². The van der Waals surface area contributed by atoms with Crippen LogP contribution in [0.2, 0.25) is 0 Å². The molecular formula is C12H24N4O3. The first-order chi connectivity index (χ1) is 9.18. The van der Waals surface area contributed by atoms with Gasteiger partial charge in [-0.3, -0.25) is 0 Å². The molecule has 0 unspecified atom stereocenters. The number of aliphatic hydroxyl groups excluding tert-OH is 3. The van der Waals surface area contributed by atoms with Crippen LogP contribution in [0.1, 0.15) is 43.5 Å². The van der Waals surface area contributed by atoms with Crippen molar-refractivity contribution in [2.24, 2.45) is 5.73 Å². The van der Waals surface area contributed by atoms with E-state index >= 15 is 0 Å². The zero-order valence-corrected chi connectivity index (χ0v) is 11.2. The molecule has 7 nitrogen and oxygen atoms in total. The van der Waals surface area contributed by atoms with Gasteiger partial charge in [0, 0.05) is 19.8 Å². The Morgan fingerprint density at radius 1 is 0.947 bits per heavy atom. The van der Waals surface area contributed by atoms with Crippen molar-refractivity contribution in [3.63, 3.8) is 0 Å². The molecule has 1 rings (SSSR count). The van der Waals surface area contributed by atoms with E-state index in [2.05, 4.69) is 15.4 Å². The number of nitrogens with one attached hydrogen (secondary N) is 1. The summed E-state index contributed by atoms with van der Waals surface area (Å²) >= 11 is 0. The second-order valence-electron chi connectivity index (χ2n) is 4.76. The fourth-order valence-electron chi connectivity index (χ4n) is 2.22. The summed E-state index contributed by atoms with van der Waals surface area (Å²) in [6, 6.07) is 0. The molecule has 0 aromatic carbocycles. The summed E-state index contributed by atoms with van der Waals surface area (Å²) in [5.41, 5.74) is 7.15. The number of H-pyrrole nitrogens is 1. The van der Waals surface area contributed by atoms with Gasteiger partial charge in [0.05, 0.1) is 11.2 Å². The highest BCUT2D eigenvalue weighted by Gasteiger charge is 2.32. The van der Waals surface area contributed by atoms with Gasteiger partial charge in [-0.15, -0.1) is 0 Å². The van der Waals surface area contributed by atoms with Gasteiger partial charge in [-0.25, -0.2) is 0 Å². The van der Waals surface area contributed by atoms with Crippen LogP contribution in [0.4, 0.5) is 0 Å². The molecular weight excluding hydrogens is 248 g/mol.